The third-order valence-electron chi connectivity index (χ3n) is 7.28. The highest BCUT2D eigenvalue weighted by Gasteiger charge is 2.41. The van der Waals surface area contributed by atoms with Crippen molar-refractivity contribution in [2.24, 2.45) is 17.6 Å². The van der Waals surface area contributed by atoms with Crippen LogP contribution in [0.25, 0.3) is 0 Å². The third kappa shape index (κ3) is 20.0. The highest BCUT2D eigenvalue weighted by Crippen LogP contribution is 2.32. The predicted octanol–water partition coefficient (Wildman–Crippen LogP) is 7.90. The molecule has 0 aliphatic rings. The van der Waals surface area contributed by atoms with Crippen molar-refractivity contribution in [3.05, 3.63) is 0 Å². The molecule has 5 nitrogen and oxygen atoms in total. The van der Waals surface area contributed by atoms with Gasteiger partial charge in [-0.05, 0) is 38.5 Å². The first kappa shape index (κ1) is 37.5. The van der Waals surface area contributed by atoms with Crippen molar-refractivity contribution < 1.29 is 18.4 Å². The van der Waals surface area contributed by atoms with E-state index >= 15 is 0 Å². The summed E-state index contributed by atoms with van der Waals surface area (Å²) >= 11 is 0. The Morgan fingerprint density at radius 2 is 1.23 bits per heavy atom. The van der Waals surface area contributed by atoms with Gasteiger partial charge in [-0.25, -0.2) is 0 Å². The van der Waals surface area contributed by atoms with Crippen molar-refractivity contribution in [2.45, 2.75) is 142 Å². The first-order valence-electron chi connectivity index (χ1n) is 14.4. The van der Waals surface area contributed by atoms with Crippen LogP contribution in [0.1, 0.15) is 130 Å². The Morgan fingerprint density at radius 3 is 1.60 bits per heavy atom. The molecule has 0 heterocycles. The van der Waals surface area contributed by atoms with Gasteiger partial charge in [0.05, 0.1) is 13.2 Å². The minimum atomic E-state index is -2.73. The zero-order valence-corrected chi connectivity index (χ0v) is 26.1. The molecule has 2 unspecified atom stereocenters. The van der Waals surface area contributed by atoms with Gasteiger partial charge in [0, 0.05) is 25.8 Å². The number of unbranched alkanes of at least 4 members (excludes halogenated alkanes) is 13. The monoisotopic (exact) mass is 539 g/mol. The quantitative estimate of drug-likeness (QED) is 0.0910. The second-order valence-corrected chi connectivity index (χ2v) is 14.0. The van der Waals surface area contributed by atoms with E-state index < -0.39 is 8.80 Å². The molecule has 0 aromatic carbocycles. The molecule has 0 aromatic heterocycles. The lowest BCUT2D eigenvalue weighted by atomic mass is 9.79. The summed E-state index contributed by atoms with van der Waals surface area (Å²) in [7, 11) is 0.575. The molecule has 3 N–H and O–H groups in total. The fourth-order valence-corrected chi connectivity index (χ4v) is 7.28. The molecular formula is C28H62ClNO4Si. The van der Waals surface area contributed by atoms with Gasteiger partial charge < -0.3 is 24.1 Å². The number of hydrogen-bond donors (Lipinski definition) is 2. The molecule has 0 radical (unpaired) electrons. The molecule has 0 aliphatic heterocycles. The summed E-state index contributed by atoms with van der Waals surface area (Å²) in [5.74, 6) is 0.864. The highest BCUT2D eigenvalue weighted by molar-refractivity contribution is 6.60. The summed E-state index contributed by atoms with van der Waals surface area (Å²) in [5.41, 5.74) is 6.38. The van der Waals surface area contributed by atoms with Crippen LogP contribution in [0.4, 0.5) is 0 Å². The Labute approximate surface area is 226 Å². The van der Waals surface area contributed by atoms with Gasteiger partial charge in [-0.3, -0.25) is 0 Å². The maximum Gasteiger partial charge on any atom is 0.500 e. The van der Waals surface area contributed by atoms with Gasteiger partial charge in [0.2, 0.25) is 0 Å². The second kappa shape index (κ2) is 23.4. The molecule has 0 amide bonds. The molecule has 0 aliphatic carbocycles. The topological polar surface area (TPSA) is 73.9 Å². The summed E-state index contributed by atoms with van der Waals surface area (Å²) in [6, 6.07) is 0.755. The van der Waals surface area contributed by atoms with E-state index in [1.54, 1.807) is 14.2 Å². The van der Waals surface area contributed by atoms with E-state index in [1.165, 1.54) is 96.3 Å². The maximum absolute atomic E-state index is 9.13. The Kier molecular flexibility index (Phi) is 25.1. The van der Waals surface area contributed by atoms with Crippen molar-refractivity contribution >= 4 is 21.2 Å². The molecule has 214 valence electrons. The van der Waals surface area contributed by atoms with E-state index in [0.717, 1.165) is 12.5 Å². The fraction of sp³-hybridized carbons (Fsp3) is 1.00. The molecule has 35 heavy (non-hydrogen) atoms. The van der Waals surface area contributed by atoms with Crippen LogP contribution >= 0.6 is 12.4 Å². The highest BCUT2D eigenvalue weighted by atomic mass is 35.5. The van der Waals surface area contributed by atoms with Crippen LogP contribution < -0.4 is 5.73 Å². The molecule has 0 bridgehead atoms. The summed E-state index contributed by atoms with van der Waals surface area (Å²) in [6.45, 7) is 9.08. The van der Waals surface area contributed by atoms with Gasteiger partial charge in [-0.2, -0.15) is 0 Å². The van der Waals surface area contributed by atoms with Crippen LogP contribution in [0.5, 0.6) is 0 Å². The zero-order valence-electron chi connectivity index (χ0n) is 24.2. The molecule has 0 saturated carbocycles. The zero-order chi connectivity index (χ0) is 25.7. The van der Waals surface area contributed by atoms with Crippen molar-refractivity contribution in [1.82, 2.24) is 0 Å². The summed E-state index contributed by atoms with van der Waals surface area (Å²) in [6.07, 6.45) is 21.7. The van der Waals surface area contributed by atoms with Gasteiger partial charge in [-0.15, -0.1) is 12.4 Å². The first-order valence-corrected chi connectivity index (χ1v) is 16.3. The van der Waals surface area contributed by atoms with Crippen LogP contribution in [0.2, 0.25) is 6.04 Å². The summed E-state index contributed by atoms with van der Waals surface area (Å²) in [5, 5.41) is 9.13. The Hall–Kier alpha value is 0.307. The van der Waals surface area contributed by atoms with E-state index in [-0.39, 0.29) is 31.2 Å². The fourth-order valence-electron chi connectivity index (χ4n) is 5.00. The lowest BCUT2D eigenvalue weighted by molar-refractivity contribution is 0.0735. The summed E-state index contributed by atoms with van der Waals surface area (Å²) < 4.78 is 17.1. The van der Waals surface area contributed by atoms with Crippen molar-refractivity contribution in [2.75, 3.05) is 27.4 Å². The Morgan fingerprint density at radius 1 is 0.800 bits per heavy atom. The van der Waals surface area contributed by atoms with E-state index in [1.807, 2.05) is 0 Å². The lowest BCUT2D eigenvalue weighted by Crippen LogP contribution is -2.47. The largest absolute Gasteiger partial charge is 0.500 e. The number of rotatable bonds is 25. The number of nitrogens with two attached hydrogens (primary N) is 1. The average Bonchev–Trinajstić information content (AvgIpc) is 2.80. The smallest absolute Gasteiger partial charge is 0.394 e. The molecular weight excluding hydrogens is 478 g/mol. The maximum atomic E-state index is 9.13. The molecule has 0 fully saturated rings. The lowest BCUT2D eigenvalue weighted by Gasteiger charge is -2.35. The van der Waals surface area contributed by atoms with Crippen LogP contribution in [0, 0.1) is 11.8 Å². The molecule has 7 heteroatoms. The van der Waals surface area contributed by atoms with Crippen LogP contribution in [0.15, 0.2) is 0 Å². The first-order chi connectivity index (χ1) is 16.2. The number of halogens is 1. The second-order valence-electron chi connectivity index (χ2n) is 11.1. The van der Waals surface area contributed by atoms with E-state index in [9.17, 15) is 0 Å². The van der Waals surface area contributed by atoms with E-state index in [4.69, 9.17) is 24.1 Å². The van der Waals surface area contributed by atoms with Crippen molar-refractivity contribution in [3.8, 4) is 0 Å². The van der Waals surface area contributed by atoms with Gasteiger partial charge in [0.1, 0.15) is 0 Å². The number of aliphatic hydroxyl groups is 1. The van der Waals surface area contributed by atoms with Crippen molar-refractivity contribution in [3.63, 3.8) is 0 Å². The SMILES string of the molecule is CCCCCCCCCCCCCCCCC(CC(C)C[Si](OC)(OC)OCCO)C(C)(C)N.Cl. The number of aliphatic hydroxyl groups excluding tert-OH is 1. The van der Waals surface area contributed by atoms with Crippen LogP contribution in [-0.4, -0.2) is 46.9 Å². The van der Waals surface area contributed by atoms with Gasteiger partial charge in [-0.1, -0.05) is 104 Å². The van der Waals surface area contributed by atoms with Gasteiger partial charge >= 0.3 is 8.80 Å². The average molecular weight is 540 g/mol. The van der Waals surface area contributed by atoms with E-state index in [0.29, 0.717) is 11.8 Å². The molecule has 0 rings (SSSR count). The normalized spacial score (nSPS) is 14.1. The minimum absolute atomic E-state index is 0. The van der Waals surface area contributed by atoms with Crippen LogP contribution in [0.3, 0.4) is 0 Å². The molecule has 0 aromatic rings. The Bertz CT molecular complexity index is 447. The molecule has 0 saturated heterocycles. The standard InChI is InChI=1S/C28H61NO4Si.ClH/c1-7-8-9-10-11-12-13-14-15-16-17-18-19-20-21-27(28(3,4)29)24-26(2)25-34(31-5,32-6)33-23-22-30;/h26-27,30H,7-25,29H2,1-6H3;1H. The van der Waals surface area contributed by atoms with Crippen molar-refractivity contribution in [1.29, 1.82) is 0 Å². The number of hydrogen-bond acceptors (Lipinski definition) is 5. The third-order valence-corrected chi connectivity index (χ3v) is 10.4. The molecule has 2 atom stereocenters. The minimum Gasteiger partial charge on any atom is -0.394 e. The van der Waals surface area contributed by atoms with E-state index in [2.05, 4.69) is 27.7 Å². The van der Waals surface area contributed by atoms with Gasteiger partial charge in [0.25, 0.3) is 0 Å². The van der Waals surface area contributed by atoms with Crippen LogP contribution in [-0.2, 0) is 13.3 Å². The Balaban J connectivity index is 0. The summed E-state index contributed by atoms with van der Waals surface area (Å²) in [4.78, 5) is 0. The van der Waals surface area contributed by atoms with Gasteiger partial charge in [0.15, 0.2) is 0 Å². The molecule has 0 spiro atoms. The predicted molar refractivity (Wildman–Crippen MR) is 155 cm³/mol.